The predicted molar refractivity (Wildman–Crippen MR) is 104 cm³/mol. The van der Waals surface area contributed by atoms with Gasteiger partial charge in [-0.2, -0.15) is 23.7 Å². The van der Waals surface area contributed by atoms with Gasteiger partial charge in [0.15, 0.2) is 0 Å². The number of carboxylic acid groups (broad SMARTS) is 1. The monoisotopic (exact) mass is 424 g/mol. The van der Waals surface area contributed by atoms with Gasteiger partial charge in [-0.15, -0.1) is 0 Å². The minimum atomic E-state index is -4.74. The Hall–Kier alpha value is -4.57. The van der Waals surface area contributed by atoms with Crippen LogP contribution < -0.4 is 11.3 Å². The first-order valence-corrected chi connectivity index (χ1v) is 8.49. The van der Waals surface area contributed by atoms with Crippen LogP contribution in [-0.4, -0.2) is 16.1 Å². The highest BCUT2D eigenvalue weighted by molar-refractivity contribution is 5.90. The maximum atomic E-state index is 13.2. The fourth-order valence-electron chi connectivity index (χ4n) is 3.04. The number of nitrogens with one attached hydrogen (secondary N) is 1. The lowest BCUT2D eigenvalue weighted by Crippen LogP contribution is -2.16. The molecule has 0 saturated carbocycles. The zero-order valence-electron chi connectivity index (χ0n) is 15.4. The van der Waals surface area contributed by atoms with Crippen LogP contribution in [0.1, 0.15) is 27.0 Å². The Morgan fingerprint density at radius 3 is 2.06 bits per heavy atom. The maximum Gasteiger partial charge on any atom is 0.416 e. The summed E-state index contributed by atoms with van der Waals surface area (Å²) in [6.07, 6.45) is -4.74. The summed E-state index contributed by atoms with van der Waals surface area (Å²) in [6, 6.07) is 11.5. The van der Waals surface area contributed by atoms with Crippen LogP contribution in [0.2, 0.25) is 0 Å². The van der Waals surface area contributed by atoms with Crippen molar-refractivity contribution in [1.82, 2.24) is 4.98 Å². The molecule has 0 aliphatic carbocycles. The molecule has 0 radical (unpaired) electrons. The highest BCUT2D eigenvalue weighted by Crippen LogP contribution is 2.35. The highest BCUT2D eigenvalue weighted by atomic mass is 19.4. The lowest BCUT2D eigenvalue weighted by atomic mass is 9.94. The van der Waals surface area contributed by atoms with Crippen molar-refractivity contribution < 1.29 is 23.1 Å². The molecule has 0 bridgehead atoms. The van der Waals surface area contributed by atoms with Gasteiger partial charge in [-0.05, 0) is 34.9 Å². The van der Waals surface area contributed by atoms with E-state index in [1.807, 2.05) is 6.07 Å². The second-order valence-electron chi connectivity index (χ2n) is 6.40. The number of aromatic nitrogens is 1. The largest absolute Gasteiger partial charge is 0.478 e. The molecule has 0 spiro atoms. The van der Waals surface area contributed by atoms with Gasteiger partial charge in [-0.1, -0.05) is 24.3 Å². The molecule has 4 N–H and O–H groups in total. The molecule has 0 amide bonds. The fraction of sp³-hybridized carbons (Fsp3) is 0.0476. The number of benzene rings is 2. The lowest BCUT2D eigenvalue weighted by molar-refractivity contribution is -0.137. The first-order valence-electron chi connectivity index (χ1n) is 8.49. The third-order valence-electron chi connectivity index (χ3n) is 4.48. The molecule has 3 aromatic rings. The minimum absolute atomic E-state index is 0.00483. The number of nitrogen functional groups attached to an aromatic ring is 1. The van der Waals surface area contributed by atoms with E-state index >= 15 is 0 Å². The maximum absolute atomic E-state index is 13.2. The van der Waals surface area contributed by atoms with Crippen LogP contribution in [0.5, 0.6) is 0 Å². The number of alkyl halides is 3. The van der Waals surface area contributed by atoms with Crippen LogP contribution in [0.3, 0.4) is 0 Å². The van der Waals surface area contributed by atoms with Crippen molar-refractivity contribution in [3.63, 3.8) is 0 Å². The van der Waals surface area contributed by atoms with Gasteiger partial charge in [-0.3, -0.25) is 4.79 Å². The van der Waals surface area contributed by atoms with Gasteiger partial charge in [0, 0.05) is 5.56 Å². The molecule has 1 heterocycles. The second kappa shape index (κ2) is 7.69. The summed E-state index contributed by atoms with van der Waals surface area (Å²) in [6.45, 7) is 0. The van der Waals surface area contributed by atoms with Crippen LogP contribution >= 0.6 is 0 Å². The summed E-state index contributed by atoms with van der Waals surface area (Å²) in [5.41, 5.74) is 3.28. The first-order chi connectivity index (χ1) is 14.6. The molecule has 1 aromatic heterocycles. The lowest BCUT2D eigenvalue weighted by Gasteiger charge is -2.12. The number of H-pyrrole nitrogens is 1. The Morgan fingerprint density at radius 2 is 1.55 bits per heavy atom. The average Bonchev–Trinajstić information content (AvgIpc) is 2.72. The average molecular weight is 424 g/mol. The van der Waals surface area contributed by atoms with E-state index in [1.54, 1.807) is 6.07 Å². The number of rotatable bonds is 3. The SMILES string of the molecule is N#Cc1c(N)[nH]c(=O)c(C#N)c1-c1ccc(-c2cc(C(=O)O)cc(C(F)(F)F)c2)cc1. The number of nitrogens with two attached hydrogens (primary N) is 1. The number of halogens is 3. The van der Waals surface area contributed by atoms with Crippen LogP contribution in [0.25, 0.3) is 22.3 Å². The van der Waals surface area contributed by atoms with Crippen molar-refractivity contribution in [2.24, 2.45) is 0 Å². The van der Waals surface area contributed by atoms with E-state index in [2.05, 4.69) is 4.98 Å². The summed E-state index contributed by atoms with van der Waals surface area (Å²) >= 11 is 0. The fourth-order valence-corrected chi connectivity index (χ4v) is 3.04. The van der Waals surface area contributed by atoms with Gasteiger partial charge < -0.3 is 15.8 Å². The van der Waals surface area contributed by atoms with Crippen LogP contribution in [0, 0.1) is 22.7 Å². The number of carboxylic acids is 1. The molecule has 2 aromatic carbocycles. The van der Waals surface area contributed by atoms with Crippen LogP contribution in [-0.2, 0) is 6.18 Å². The number of hydrogen-bond acceptors (Lipinski definition) is 5. The molecule has 0 unspecified atom stereocenters. The Kier molecular flexibility index (Phi) is 5.24. The van der Waals surface area contributed by atoms with Gasteiger partial charge in [0.25, 0.3) is 5.56 Å². The number of hydrogen-bond donors (Lipinski definition) is 3. The topological polar surface area (TPSA) is 144 Å². The highest BCUT2D eigenvalue weighted by Gasteiger charge is 2.32. The summed E-state index contributed by atoms with van der Waals surface area (Å²) in [4.78, 5) is 25.5. The third kappa shape index (κ3) is 3.95. The first kappa shape index (κ1) is 21.1. The smallest absolute Gasteiger partial charge is 0.416 e. The summed E-state index contributed by atoms with van der Waals surface area (Å²) in [5, 5.41) is 27.8. The van der Waals surface area contributed by atoms with Crippen LogP contribution in [0.4, 0.5) is 19.0 Å². The predicted octanol–water partition coefficient (Wildman–Crippen LogP) is 3.75. The molecule has 0 fully saturated rings. The van der Waals surface area contributed by atoms with Crippen molar-refractivity contribution in [3.05, 3.63) is 75.1 Å². The van der Waals surface area contributed by atoms with Gasteiger partial charge in [0.1, 0.15) is 29.1 Å². The van der Waals surface area contributed by atoms with E-state index in [0.29, 0.717) is 6.07 Å². The molecular weight excluding hydrogens is 413 g/mol. The number of aromatic carboxylic acids is 1. The molecular formula is C21H11F3N4O3. The normalized spacial score (nSPS) is 10.9. The van der Waals surface area contributed by atoms with E-state index in [-0.39, 0.29) is 39.2 Å². The molecule has 154 valence electrons. The standard InChI is InChI=1S/C21H11F3N4O3/c22-21(23,24)14-6-12(5-13(7-14)20(30)31)10-1-3-11(4-2-10)17-15(8-25)18(27)28-19(29)16(17)9-26/h1-7H,(H,30,31)(H3,27,28,29). The van der Waals surface area contributed by atoms with Gasteiger partial charge in [-0.25, -0.2) is 4.79 Å². The Labute approximate surface area is 172 Å². The number of aromatic amines is 1. The van der Waals surface area contributed by atoms with E-state index < -0.39 is 28.8 Å². The molecule has 7 nitrogen and oxygen atoms in total. The molecule has 0 aliphatic rings. The van der Waals surface area contributed by atoms with Crippen molar-refractivity contribution >= 4 is 11.8 Å². The summed E-state index contributed by atoms with van der Waals surface area (Å²) in [7, 11) is 0. The molecule has 0 aliphatic heterocycles. The van der Waals surface area contributed by atoms with E-state index in [9.17, 15) is 33.3 Å². The van der Waals surface area contributed by atoms with E-state index in [1.165, 1.54) is 24.3 Å². The minimum Gasteiger partial charge on any atom is -0.478 e. The molecule has 10 heteroatoms. The zero-order chi connectivity index (χ0) is 22.9. The summed E-state index contributed by atoms with van der Waals surface area (Å²) in [5.74, 6) is -1.74. The summed E-state index contributed by atoms with van der Waals surface area (Å²) < 4.78 is 39.5. The number of anilines is 1. The van der Waals surface area contributed by atoms with E-state index in [0.717, 1.165) is 12.1 Å². The second-order valence-corrected chi connectivity index (χ2v) is 6.40. The van der Waals surface area contributed by atoms with Gasteiger partial charge in [0.05, 0.1) is 11.1 Å². The third-order valence-corrected chi connectivity index (χ3v) is 4.48. The quantitative estimate of drug-likeness (QED) is 0.584. The zero-order valence-corrected chi connectivity index (χ0v) is 15.4. The van der Waals surface area contributed by atoms with Gasteiger partial charge in [0.2, 0.25) is 0 Å². The molecule has 31 heavy (non-hydrogen) atoms. The van der Waals surface area contributed by atoms with Crippen molar-refractivity contribution in [1.29, 1.82) is 10.5 Å². The van der Waals surface area contributed by atoms with E-state index in [4.69, 9.17) is 10.8 Å². The van der Waals surface area contributed by atoms with Crippen LogP contribution in [0.15, 0.2) is 47.3 Å². The number of carbonyl (C=O) groups is 1. The van der Waals surface area contributed by atoms with Crippen molar-refractivity contribution in [2.75, 3.05) is 5.73 Å². The molecule has 0 atom stereocenters. The number of pyridine rings is 1. The number of nitrogens with zero attached hydrogens (tertiary/aromatic N) is 2. The Balaban J connectivity index is 2.18. The number of nitriles is 2. The molecule has 3 rings (SSSR count). The Bertz CT molecular complexity index is 1340. The van der Waals surface area contributed by atoms with Gasteiger partial charge >= 0.3 is 12.1 Å². The van der Waals surface area contributed by atoms with Crippen molar-refractivity contribution in [3.8, 4) is 34.4 Å². The van der Waals surface area contributed by atoms with Crippen molar-refractivity contribution in [2.45, 2.75) is 6.18 Å². The Morgan fingerprint density at radius 1 is 0.968 bits per heavy atom. The molecule has 0 saturated heterocycles.